The molecule has 4 heteroatoms. The van der Waals surface area contributed by atoms with Crippen LogP contribution in [0, 0.1) is 0 Å². The molecule has 1 aliphatic heterocycles. The second kappa shape index (κ2) is 3.71. The van der Waals surface area contributed by atoms with Crippen LogP contribution in [0.3, 0.4) is 0 Å². The molecule has 0 radical (unpaired) electrons. The van der Waals surface area contributed by atoms with Gasteiger partial charge in [-0.2, -0.15) is 8.42 Å². The minimum absolute atomic E-state index is 0.333. The highest BCUT2D eigenvalue weighted by atomic mass is 32.2. The quantitative estimate of drug-likeness (QED) is 0.695. The molecule has 76 valence electrons. The fraction of sp³-hybridized carbons (Fsp3) is 0.400. The van der Waals surface area contributed by atoms with Crippen molar-refractivity contribution in [1.82, 2.24) is 0 Å². The van der Waals surface area contributed by atoms with Crippen LogP contribution in [0.15, 0.2) is 30.3 Å². The van der Waals surface area contributed by atoms with Crippen molar-refractivity contribution >= 4 is 10.1 Å². The van der Waals surface area contributed by atoms with E-state index in [1.165, 1.54) is 0 Å². The van der Waals surface area contributed by atoms with E-state index in [1.54, 1.807) is 0 Å². The van der Waals surface area contributed by atoms with E-state index < -0.39 is 10.1 Å². The molecule has 1 aromatic rings. The first-order valence-electron chi connectivity index (χ1n) is 4.61. The Morgan fingerprint density at radius 3 is 2.57 bits per heavy atom. The molecule has 1 aromatic carbocycles. The average Bonchev–Trinajstić information content (AvgIpc) is 2.48. The van der Waals surface area contributed by atoms with Crippen molar-refractivity contribution < 1.29 is 12.6 Å². The van der Waals surface area contributed by atoms with Crippen LogP contribution in [0.4, 0.5) is 0 Å². The molecule has 1 atom stereocenters. The van der Waals surface area contributed by atoms with E-state index >= 15 is 0 Å². The lowest BCUT2D eigenvalue weighted by atomic mass is 10.1. The van der Waals surface area contributed by atoms with E-state index in [0.29, 0.717) is 19.4 Å². The number of benzene rings is 1. The molecular weight excluding hydrogens is 200 g/mol. The van der Waals surface area contributed by atoms with Crippen molar-refractivity contribution in [1.29, 1.82) is 0 Å². The lowest BCUT2D eigenvalue weighted by molar-refractivity contribution is 0.354. The molecule has 1 saturated heterocycles. The Labute approximate surface area is 83.8 Å². The average molecular weight is 212 g/mol. The van der Waals surface area contributed by atoms with Crippen LogP contribution in [0.25, 0.3) is 0 Å². The van der Waals surface area contributed by atoms with E-state index in [9.17, 15) is 8.42 Å². The fourth-order valence-corrected chi connectivity index (χ4v) is 2.92. The molecule has 3 nitrogen and oxygen atoms in total. The highest BCUT2D eigenvalue weighted by molar-refractivity contribution is 7.87. The first kappa shape index (κ1) is 9.68. The van der Waals surface area contributed by atoms with Crippen molar-refractivity contribution in [2.24, 2.45) is 0 Å². The van der Waals surface area contributed by atoms with E-state index in [0.717, 1.165) is 5.56 Å². The monoisotopic (exact) mass is 212 g/mol. The van der Waals surface area contributed by atoms with Crippen LogP contribution < -0.4 is 0 Å². The minimum atomic E-state index is -3.29. The summed E-state index contributed by atoms with van der Waals surface area (Å²) in [5, 5.41) is -0.357. The minimum Gasteiger partial charge on any atom is -0.270 e. The molecule has 1 heterocycles. The molecule has 1 aliphatic rings. The molecule has 0 spiro atoms. The van der Waals surface area contributed by atoms with Gasteiger partial charge in [-0.1, -0.05) is 30.3 Å². The van der Waals surface area contributed by atoms with Gasteiger partial charge >= 0.3 is 0 Å². The third-order valence-electron chi connectivity index (χ3n) is 2.40. The maximum absolute atomic E-state index is 11.3. The van der Waals surface area contributed by atoms with Gasteiger partial charge in [-0.25, -0.2) is 0 Å². The van der Waals surface area contributed by atoms with Crippen LogP contribution in [-0.4, -0.2) is 20.3 Å². The summed E-state index contributed by atoms with van der Waals surface area (Å²) in [6, 6.07) is 9.63. The Morgan fingerprint density at radius 1 is 1.29 bits per heavy atom. The summed E-state index contributed by atoms with van der Waals surface area (Å²) in [6.45, 7) is 0.333. The summed E-state index contributed by atoms with van der Waals surface area (Å²) in [6.07, 6.45) is 1.17. The van der Waals surface area contributed by atoms with Crippen LogP contribution in [-0.2, 0) is 20.7 Å². The molecule has 0 unspecified atom stereocenters. The van der Waals surface area contributed by atoms with Gasteiger partial charge in [-0.15, -0.1) is 0 Å². The van der Waals surface area contributed by atoms with Gasteiger partial charge in [0, 0.05) is 0 Å². The van der Waals surface area contributed by atoms with Crippen molar-refractivity contribution in [2.45, 2.75) is 18.1 Å². The first-order chi connectivity index (χ1) is 6.68. The number of hydrogen-bond donors (Lipinski definition) is 0. The smallest absolute Gasteiger partial charge is 0.270 e. The highest BCUT2D eigenvalue weighted by Gasteiger charge is 2.32. The maximum atomic E-state index is 11.3. The number of hydrogen-bond acceptors (Lipinski definition) is 3. The predicted molar refractivity (Wildman–Crippen MR) is 53.4 cm³/mol. The zero-order valence-corrected chi connectivity index (χ0v) is 8.53. The molecule has 0 N–H and O–H groups in total. The van der Waals surface area contributed by atoms with Gasteiger partial charge < -0.3 is 0 Å². The summed E-state index contributed by atoms with van der Waals surface area (Å²) in [5.74, 6) is 0. The molecule has 2 rings (SSSR count). The van der Waals surface area contributed by atoms with Crippen LogP contribution in [0.1, 0.15) is 12.0 Å². The molecule has 0 aliphatic carbocycles. The Hall–Kier alpha value is -0.870. The number of rotatable bonds is 2. The van der Waals surface area contributed by atoms with Gasteiger partial charge in [-0.05, 0) is 18.4 Å². The summed E-state index contributed by atoms with van der Waals surface area (Å²) < 4.78 is 27.4. The Bertz CT molecular complexity index is 397. The SMILES string of the molecule is O=S1(=O)OCC[C@H]1Cc1ccccc1. The van der Waals surface area contributed by atoms with Gasteiger partial charge in [0.1, 0.15) is 0 Å². The maximum Gasteiger partial charge on any atom is 0.270 e. The van der Waals surface area contributed by atoms with Crippen molar-refractivity contribution in [2.75, 3.05) is 6.61 Å². The van der Waals surface area contributed by atoms with Crippen molar-refractivity contribution in [3.05, 3.63) is 35.9 Å². The summed E-state index contributed by atoms with van der Waals surface area (Å²) in [4.78, 5) is 0. The predicted octanol–water partition coefficient (Wildman–Crippen LogP) is 1.35. The Balaban J connectivity index is 2.13. The van der Waals surface area contributed by atoms with Crippen molar-refractivity contribution in [3.8, 4) is 0 Å². The zero-order chi connectivity index (χ0) is 10.0. The molecule has 0 bridgehead atoms. The van der Waals surface area contributed by atoms with Gasteiger partial charge in [0.15, 0.2) is 0 Å². The zero-order valence-electron chi connectivity index (χ0n) is 7.72. The molecular formula is C10H12O3S. The van der Waals surface area contributed by atoms with E-state index in [-0.39, 0.29) is 5.25 Å². The van der Waals surface area contributed by atoms with Gasteiger partial charge in [0.25, 0.3) is 10.1 Å². The second-order valence-corrected chi connectivity index (χ2v) is 5.30. The van der Waals surface area contributed by atoms with E-state index in [2.05, 4.69) is 0 Å². The lowest BCUT2D eigenvalue weighted by Crippen LogP contribution is -2.17. The van der Waals surface area contributed by atoms with Crippen LogP contribution in [0.5, 0.6) is 0 Å². The Morgan fingerprint density at radius 2 is 2.00 bits per heavy atom. The molecule has 1 fully saturated rings. The van der Waals surface area contributed by atoms with Gasteiger partial charge in [0.05, 0.1) is 11.9 Å². The standard InChI is InChI=1S/C10H12O3S/c11-14(12)10(6-7-13-14)8-9-4-2-1-3-5-9/h1-5,10H,6-8H2/t10-/m0/s1. The third kappa shape index (κ3) is 1.96. The first-order valence-corrected chi connectivity index (χ1v) is 6.08. The molecule has 0 aromatic heterocycles. The molecule has 0 saturated carbocycles. The lowest BCUT2D eigenvalue weighted by Gasteiger charge is -2.06. The third-order valence-corrected chi connectivity index (χ3v) is 4.12. The second-order valence-electron chi connectivity index (χ2n) is 3.42. The highest BCUT2D eigenvalue weighted by Crippen LogP contribution is 2.21. The van der Waals surface area contributed by atoms with Crippen LogP contribution in [0.2, 0.25) is 0 Å². The summed E-state index contributed by atoms with van der Waals surface area (Å²) in [7, 11) is -3.29. The van der Waals surface area contributed by atoms with Crippen molar-refractivity contribution in [3.63, 3.8) is 0 Å². The van der Waals surface area contributed by atoms with E-state index in [4.69, 9.17) is 4.18 Å². The van der Waals surface area contributed by atoms with E-state index in [1.807, 2.05) is 30.3 Å². The van der Waals surface area contributed by atoms with Gasteiger partial charge in [-0.3, -0.25) is 4.18 Å². The van der Waals surface area contributed by atoms with Gasteiger partial charge in [0.2, 0.25) is 0 Å². The molecule has 14 heavy (non-hydrogen) atoms. The summed E-state index contributed by atoms with van der Waals surface area (Å²) >= 11 is 0. The normalized spacial score (nSPS) is 25.0. The summed E-state index contributed by atoms with van der Waals surface area (Å²) in [5.41, 5.74) is 1.05. The largest absolute Gasteiger partial charge is 0.270 e. The van der Waals surface area contributed by atoms with Crippen LogP contribution >= 0.6 is 0 Å². The Kier molecular flexibility index (Phi) is 2.56. The topological polar surface area (TPSA) is 43.4 Å². The molecule has 0 amide bonds. The fourth-order valence-electron chi connectivity index (χ4n) is 1.62.